The van der Waals surface area contributed by atoms with E-state index >= 15 is 0 Å². The average Bonchev–Trinajstić information content (AvgIpc) is 2.76. The molecule has 0 aliphatic heterocycles. The Morgan fingerprint density at radius 1 is 1.15 bits per heavy atom. The van der Waals surface area contributed by atoms with Crippen molar-refractivity contribution in [3.63, 3.8) is 0 Å². The molecule has 3 aromatic rings. The smallest absolute Gasteiger partial charge is 0.189 e. The second kappa shape index (κ2) is 5.09. The lowest BCUT2D eigenvalue weighted by Crippen LogP contribution is -2.06. The minimum Gasteiger partial charge on any atom is -0.292 e. The van der Waals surface area contributed by atoms with Gasteiger partial charge in [-0.25, -0.2) is 9.97 Å². The third-order valence-electron chi connectivity index (χ3n) is 3.12. The van der Waals surface area contributed by atoms with Crippen LogP contribution in [0.4, 0.5) is 0 Å². The molecule has 0 saturated carbocycles. The average molecular weight is 283 g/mol. The molecule has 0 atom stereocenters. The normalized spacial score (nSPS) is 10.9. The second-order valence-corrected chi connectivity index (χ2v) is 5.88. The summed E-state index contributed by atoms with van der Waals surface area (Å²) in [6.45, 7) is 3.96. The maximum atomic E-state index is 12.2. The van der Waals surface area contributed by atoms with Gasteiger partial charge in [0.05, 0.1) is 29.3 Å². The summed E-state index contributed by atoms with van der Waals surface area (Å²) in [6.07, 6.45) is 1.82. The van der Waals surface area contributed by atoms with Crippen LogP contribution in [-0.2, 0) is 6.42 Å². The van der Waals surface area contributed by atoms with Crippen molar-refractivity contribution < 1.29 is 4.79 Å². The first kappa shape index (κ1) is 12.9. The molecule has 2 aromatic heterocycles. The Balaban J connectivity index is 1.88. The van der Waals surface area contributed by atoms with E-state index in [1.165, 1.54) is 6.20 Å². The molecule has 0 unspecified atom stereocenters. The van der Waals surface area contributed by atoms with E-state index in [0.29, 0.717) is 5.69 Å². The van der Waals surface area contributed by atoms with Crippen LogP contribution < -0.4 is 0 Å². The predicted octanol–water partition coefficient (Wildman–Crippen LogP) is 3.13. The second-order valence-electron chi connectivity index (χ2n) is 4.59. The van der Waals surface area contributed by atoms with E-state index in [1.54, 1.807) is 11.3 Å². The van der Waals surface area contributed by atoms with Crippen LogP contribution in [0.5, 0.6) is 0 Å². The molecule has 0 amide bonds. The maximum absolute atomic E-state index is 12.2. The van der Waals surface area contributed by atoms with Crippen LogP contribution in [0.1, 0.15) is 26.1 Å². The molecule has 20 heavy (non-hydrogen) atoms. The fraction of sp³-hybridized carbons (Fsp3) is 0.200. The summed E-state index contributed by atoms with van der Waals surface area (Å²) in [5.41, 5.74) is 2.92. The summed E-state index contributed by atoms with van der Waals surface area (Å²) in [5, 5.41) is 0.833. The molecule has 4 nitrogen and oxygen atoms in total. The molecule has 1 aromatic carbocycles. The van der Waals surface area contributed by atoms with Crippen molar-refractivity contribution in [1.82, 2.24) is 15.0 Å². The first-order chi connectivity index (χ1) is 9.63. The highest BCUT2D eigenvalue weighted by Gasteiger charge is 2.13. The van der Waals surface area contributed by atoms with Gasteiger partial charge in [-0.3, -0.25) is 9.78 Å². The number of aryl methyl sites for hydroxylation is 2. The fourth-order valence-corrected chi connectivity index (χ4v) is 2.87. The highest BCUT2D eigenvalue weighted by atomic mass is 32.1. The van der Waals surface area contributed by atoms with Gasteiger partial charge in [-0.05, 0) is 26.0 Å². The Hall–Kier alpha value is -2.14. The number of hydrogen-bond donors (Lipinski definition) is 0. The zero-order valence-electron chi connectivity index (χ0n) is 11.3. The number of ketones is 1. The Kier molecular flexibility index (Phi) is 3.28. The lowest BCUT2D eigenvalue weighted by molar-refractivity contribution is 0.0988. The number of fused-ring (bicyclic) bond motifs is 1. The topological polar surface area (TPSA) is 55.7 Å². The van der Waals surface area contributed by atoms with Crippen molar-refractivity contribution in [2.45, 2.75) is 20.3 Å². The van der Waals surface area contributed by atoms with Gasteiger partial charge in [0.25, 0.3) is 0 Å². The van der Waals surface area contributed by atoms with E-state index < -0.39 is 0 Å². The molecule has 100 valence electrons. The van der Waals surface area contributed by atoms with Gasteiger partial charge in [-0.1, -0.05) is 12.1 Å². The summed E-state index contributed by atoms with van der Waals surface area (Å²) in [6, 6.07) is 7.53. The predicted molar refractivity (Wildman–Crippen MR) is 79.2 cm³/mol. The lowest BCUT2D eigenvalue weighted by Gasteiger charge is -2.00. The van der Waals surface area contributed by atoms with Gasteiger partial charge >= 0.3 is 0 Å². The van der Waals surface area contributed by atoms with Crippen LogP contribution >= 0.6 is 11.3 Å². The number of para-hydroxylation sites is 2. The van der Waals surface area contributed by atoms with Gasteiger partial charge in [-0.15, -0.1) is 11.3 Å². The van der Waals surface area contributed by atoms with Crippen molar-refractivity contribution in [1.29, 1.82) is 0 Å². The highest BCUT2D eigenvalue weighted by Crippen LogP contribution is 2.18. The summed E-state index contributed by atoms with van der Waals surface area (Å²) >= 11 is 1.56. The van der Waals surface area contributed by atoms with E-state index in [-0.39, 0.29) is 12.2 Å². The van der Waals surface area contributed by atoms with Crippen molar-refractivity contribution in [2.24, 2.45) is 0 Å². The van der Waals surface area contributed by atoms with Crippen LogP contribution in [0.15, 0.2) is 30.5 Å². The zero-order valence-corrected chi connectivity index (χ0v) is 12.1. The molecule has 0 bridgehead atoms. The first-order valence-corrected chi connectivity index (χ1v) is 7.13. The van der Waals surface area contributed by atoms with Crippen molar-refractivity contribution in [2.75, 3.05) is 0 Å². The van der Waals surface area contributed by atoms with Gasteiger partial charge in [0.1, 0.15) is 10.7 Å². The van der Waals surface area contributed by atoms with Gasteiger partial charge < -0.3 is 0 Å². The summed E-state index contributed by atoms with van der Waals surface area (Å²) in [4.78, 5) is 26.4. The molecule has 0 saturated heterocycles. The minimum absolute atomic E-state index is 0.0444. The Morgan fingerprint density at radius 3 is 2.60 bits per heavy atom. The van der Waals surface area contributed by atoms with Crippen LogP contribution in [0.3, 0.4) is 0 Å². The van der Waals surface area contributed by atoms with Gasteiger partial charge in [0.2, 0.25) is 0 Å². The number of nitrogens with zero attached hydrogens (tertiary/aromatic N) is 3. The standard InChI is InChI=1S/C15H13N3OS/c1-9-10(2)20-15(17-9)7-14(19)13-8-16-11-5-3-4-6-12(11)18-13/h3-6,8H,7H2,1-2H3. The number of carbonyl (C=O) groups excluding carboxylic acids is 1. The molecule has 0 aliphatic rings. The number of benzene rings is 1. The van der Waals surface area contributed by atoms with Gasteiger partial charge in [-0.2, -0.15) is 0 Å². The Labute approximate surface area is 120 Å². The quantitative estimate of drug-likeness (QED) is 0.693. The largest absolute Gasteiger partial charge is 0.292 e. The van der Waals surface area contributed by atoms with Crippen LogP contribution in [0.25, 0.3) is 11.0 Å². The fourth-order valence-electron chi connectivity index (χ4n) is 1.93. The third kappa shape index (κ3) is 2.44. The van der Waals surface area contributed by atoms with E-state index in [2.05, 4.69) is 15.0 Å². The number of carbonyl (C=O) groups is 1. The lowest BCUT2D eigenvalue weighted by atomic mass is 10.2. The van der Waals surface area contributed by atoms with E-state index in [9.17, 15) is 4.79 Å². The number of hydrogen-bond acceptors (Lipinski definition) is 5. The highest BCUT2D eigenvalue weighted by molar-refractivity contribution is 7.11. The Morgan fingerprint density at radius 2 is 1.90 bits per heavy atom. The summed E-state index contributed by atoms with van der Waals surface area (Å²) < 4.78 is 0. The summed E-state index contributed by atoms with van der Waals surface area (Å²) in [7, 11) is 0. The minimum atomic E-state index is -0.0444. The number of thiazole rings is 1. The van der Waals surface area contributed by atoms with Gasteiger partial charge in [0, 0.05) is 4.88 Å². The third-order valence-corrected chi connectivity index (χ3v) is 4.19. The molecular weight excluding hydrogens is 270 g/mol. The molecule has 0 radical (unpaired) electrons. The molecule has 5 heteroatoms. The molecule has 2 heterocycles. The van der Waals surface area contributed by atoms with Crippen molar-refractivity contribution >= 4 is 28.2 Å². The molecule has 0 N–H and O–H groups in total. The molecule has 0 fully saturated rings. The molecule has 0 aliphatic carbocycles. The maximum Gasteiger partial charge on any atom is 0.189 e. The summed E-state index contributed by atoms with van der Waals surface area (Å²) in [5.74, 6) is -0.0444. The molecule has 3 rings (SSSR count). The Bertz CT molecular complexity index is 775. The van der Waals surface area contributed by atoms with Gasteiger partial charge in [0.15, 0.2) is 5.78 Å². The SMILES string of the molecule is Cc1nc(CC(=O)c2cnc3ccccc3n2)sc1C. The number of aromatic nitrogens is 3. The van der Waals surface area contributed by atoms with E-state index in [4.69, 9.17) is 0 Å². The molecular formula is C15H13N3OS. The molecule has 0 spiro atoms. The monoisotopic (exact) mass is 283 g/mol. The number of rotatable bonds is 3. The van der Waals surface area contributed by atoms with Crippen LogP contribution in [-0.4, -0.2) is 20.7 Å². The van der Waals surface area contributed by atoms with Crippen molar-refractivity contribution in [3.8, 4) is 0 Å². The van der Waals surface area contributed by atoms with Crippen molar-refractivity contribution in [3.05, 3.63) is 51.7 Å². The van der Waals surface area contributed by atoms with Crippen LogP contribution in [0, 0.1) is 13.8 Å². The number of Topliss-reactive ketones (excluding diaryl/α,β-unsaturated/α-hetero) is 1. The first-order valence-electron chi connectivity index (χ1n) is 6.31. The zero-order chi connectivity index (χ0) is 14.1. The van der Waals surface area contributed by atoms with Crippen LogP contribution in [0.2, 0.25) is 0 Å². The van der Waals surface area contributed by atoms with E-state index in [1.807, 2.05) is 38.1 Å². The van der Waals surface area contributed by atoms with E-state index in [0.717, 1.165) is 26.6 Å².